The molecule has 7 nitrogen and oxygen atoms in total. The highest BCUT2D eigenvalue weighted by atomic mass is 19.4. The summed E-state index contributed by atoms with van der Waals surface area (Å²) in [7, 11) is 1.52. The maximum absolute atomic E-state index is 12.9. The van der Waals surface area contributed by atoms with E-state index in [0.29, 0.717) is 11.4 Å². The predicted octanol–water partition coefficient (Wildman–Crippen LogP) is 3.98. The van der Waals surface area contributed by atoms with Crippen LogP contribution in [0, 0.1) is 0 Å². The van der Waals surface area contributed by atoms with Crippen LogP contribution in [0.5, 0.6) is 5.75 Å². The molecule has 0 atom stereocenters. The standard InChI is InChI=1S/C20H13F3N4O3/c1-29-15-7-3-6-14(11-15)27-9-8-16(28)17(25-27)19-24-18(26-30-19)12-4-2-5-13(10-12)20(21,22)23/h2-11H,1H3. The van der Waals surface area contributed by atoms with E-state index < -0.39 is 17.2 Å². The number of methoxy groups -OCH3 is 1. The van der Waals surface area contributed by atoms with Crippen molar-refractivity contribution in [3.8, 4) is 34.4 Å². The van der Waals surface area contributed by atoms with Gasteiger partial charge in [0.1, 0.15) is 5.75 Å². The first-order valence-electron chi connectivity index (χ1n) is 8.61. The molecule has 0 bridgehead atoms. The van der Waals surface area contributed by atoms with Gasteiger partial charge in [0.25, 0.3) is 5.89 Å². The van der Waals surface area contributed by atoms with Gasteiger partial charge in [0.05, 0.1) is 18.4 Å². The quantitative estimate of drug-likeness (QED) is 0.502. The molecule has 0 unspecified atom stereocenters. The van der Waals surface area contributed by atoms with Crippen molar-refractivity contribution >= 4 is 0 Å². The van der Waals surface area contributed by atoms with Crippen LogP contribution in [0.2, 0.25) is 0 Å². The number of rotatable bonds is 4. The van der Waals surface area contributed by atoms with E-state index in [2.05, 4.69) is 15.2 Å². The van der Waals surface area contributed by atoms with Crippen molar-refractivity contribution in [1.29, 1.82) is 0 Å². The van der Waals surface area contributed by atoms with Crippen LogP contribution in [-0.2, 0) is 6.18 Å². The van der Waals surface area contributed by atoms with Crippen molar-refractivity contribution in [3.05, 3.63) is 76.6 Å². The Morgan fingerprint density at radius 3 is 2.63 bits per heavy atom. The molecule has 152 valence electrons. The van der Waals surface area contributed by atoms with Crippen LogP contribution in [0.1, 0.15) is 5.56 Å². The number of halogens is 3. The Morgan fingerprint density at radius 2 is 1.87 bits per heavy atom. The summed E-state index contributed by atoms with van der Waals surface area (Å²) in [5.41, 5.74) is -0.735. The smallest absolute Gasteiger partial charge is 0.416 e. The highest BCUT2D eigenvalue weighted by Gasteiger charge is 2.31. The van der Waals surface area contributed by atoms with E-state index in [0.717, 1.165) is 12.1 Å². The van der Waals surface area contributed by atoms with Gasteiger partial charge in [-0.05, 0) is 24.3 Å². The molecule has 4 rings (SSSR count). The van der Waals surface area contributed by atoms with Crippen molar-refractivity contribution < 1.29 is 22.4 Å². The second-order valence-electron chi connectivity index (χ2n) is 6.18. The molecule has 0 saturated carbocycles. The lowest BCUT2D eigenvalue weighted by Gasteiger charge is -2.07. The number of alkyl halides is 3. The molecule has 0 fully saturated rings. The Kier molecular flexibility index (Phi) is 4.82. The summed E-state index contributed by atoms with van der Waals surface area (Å²) < 4.78 is 50.5. The summed E-state index contributed by atoms with van der Waals surface area (Å²) in [6.45, 7) is 0. The molecule has 10 heteroatoms. The average Bonchev–Trinajstić information content (AvgIpc) is 3.24. The Labute approximate surface area is 167 Å². The first-order valence-corrected chi connectivity index (χ1v) is 8.61. The van der Waals surface area contributed by atoms with Crippen molar-refractivity contribution in [1.82, 2.24) is 19.9 Å². The van der Waals surface area contributed by atoms with Crippen LogP contribution in [0.3, 0.4) is 0 Å². The zero-order valence-electron chi connectivity index (χ0n) is 15.4. The minimum absolute atomic E-state index is 0.0888. The summed E-state index contributed by atoms with van der Waals surface area (Å²) in [6.07, 6.45) is -3.04. The van der Waals surface area contributed by atoms with Crippen molar-refractivity contribution in [3.63, 3.8) is 0 Å². The van der Waals surface area contributed by atoms with Crippen molar-refractivity contribution in [2.75, 3.05) is 7.11 Å². The van der Waals surface area contributed by atoms with Gasteiger partial charge < -0.3 is 9.26 Å². The van der Waals surface area contributed by atoms with Gasteiger partial charge in [-0.2, -0.15) is 23.3 Å². The Hall–Kier alpha value is -3.95. The third kappa shape index (κ3) is 3.79. The third-order valence-electron chi connectivity index (χ3n) is 4.20. The highest BCUT2D eigenvalue weighted by Crippen LogP contribution is 2.31. The molecular weight excluding hydrogens is 401 g/mol. The maximum atomic E-state index is 12.9. The number of hydrogen-bond donors (Lipinski definition) is 0. The number of benzene rings is 2. The van der Waals surface area contributed by atoms with E-state index in [9.17, 15) is 18.0 Å². The van der Waals surface area contributed by atoms with E-state index in [1.165, 1.54) is 36.2 Å². The summed E-state index contributed by atoms with van der Waals surface area (Å²) in [5, 5.41) is 7.92. The lowest BCUT2D eigenvalue weighted by molar-refractivity contribution is -0.137. The Morgan fingerprint density at radius 1 is 1.07 bits per heavy atom. The normalized spacial score (nSPS) is 11.5. The molecular formula is C20H13F3N4O3. The van der Waals surface area contributed by atoms with Gasteiger partial charge in [0.2, 0.25) is 11.3 Å². The third-order valence-corrected chi connectivity index (χ3v) is 4.20. The average molecular weight is 414 g/mol. The molecule has 2 aromatic heterocycles. The van der Waals surface area contributed by atoms with Crippen LogP contribution >= 0.6 is 0 Å². The molecule has 2 aromatic carbocycles. The molecule has 0 radical (unpaired) electrons. The summed E-state index contributed by atoms with van der Waals surface area (Å²) in [5.74, 6) is 0.304. The Balaban J connectivity index is 1.73. The summed E-state index contributed by atoms with van der Waals surface area (Å²) in [4.78, 5) is 16.3. The SMILES string of the molecule is COc1cccc(-n2ccc(=O)c(-c3nc(-c4cccc(C(F)(F)F)c4)no3)n2)c1. The van der Waals surface area contributed by atoms with Gasteiger partial charge in [-0.25, -0.2) is 4.68 Å². The monoisotopic (exact) mass is 414 g/mol. The predicted molar refractivity (Wildman–Crippen MR) is 100 cm³/mol. The number of hydrogen-bond acceptors (Lipinski definition) is 6. The van der Waals surface area contributed by atoms with Gasteiger partial charge in [-0.15, -0.1) is 0 Å². The zero-order chi connectivity index (χ0) is 21.3. The van der Waals surface area contributed by atoms with Gasteiger partial charge >= 0.3 is 6.18 Å². The van der Waals surface area contributed by atoms with Crippen LogP contribution in [0.15, 0.2) is 70.1 Å². The first kappa shape index (κ1) is 19.4. The lowest BCUT2D eigenvalue weighted by atomic mass is 10.1. The van der Waals surface area contributed by atoms with Crippen LogP contribution in [0.4, 0.5) is 13.2 Å². The maximum Gasteiger partial charge on any atom is 0.416 e. The second kappa shape index (κ2) is 7.47. The second-order valence-corrected chi connectivity index (χ2v) is 6.18. The molecule has 0 spiro atoms. The fraction of sp³-hybridized carbons (Fsp3) is 0.100. The molecule has 0 N–H and O–H groups in total. The number of nitrogens with zero attached hydrogens (tertiary/aromatic N) is 4. The van der Waals surface area contributed by atoms with E-state index in [-0.39, 0.29) is 23.0 Å². The topological polar surface area (TPSA) is 83.0 Å². The van der Waals surface area contributed by atoms with E-state index in [4.69, 9.17) is 9.26 Å². The zero-order valence-corrected chi connectivity index (χ0v) is 15.4. The summed E-state index contributed by atoms with van der Waals surface area (Å²) >= 11 is 0. The number of aromatic nitrogens is 4. The van der Waals surface area contributed by atoms with Crippen molar-refractivity contribution in [2.45, 2.75) is 6.18 Å². The Bertz CT molecular complexity index is 1260. The van der Waals surface area contributed by atoms with Crippen molar-refractivity contribution in [2.24, 2.45) is 0 Å². The molecule has 0 saturated heterocycles. The van der Waals surface area contributed by atoms with Crippen LogP contribution < -0.4 is 10.2 Å². The highest BCUT2D eigenvalue weighted by molar-refractivity contribution is 5.59. The van der Waals surface area contributed by atoms with Crippen LogP contribution in [-0.4, -0.2) is 27.0 Å². The fourth-order valence-electron chi connectivity index (χ4n) is 2.72. The minimum Gasteiger partial charge on any atom is -0.497 e. The lowest BCUT2D eigenvalue weighted by Crippen LogP contribution is -2.12. The van der Waals surface area contributed by atoms with Gasteiger partial charge in [0, 0.05) is 23.9 Å². The van der Waals surface area contributed by atoms with Gasteiger partial charge in [-0.3, -0.25) is 4.79 Å². The van der Waals surface area contributed by atoms with Crippen LogP contribution in [0.25, 0.3) is 28.7 Å². The molecule has 0 aliphatic rings. The van der Waals surface area contributed by atoms with E-state index in [1.807, 2.05) is 0 Å². The molecule has 0 aliphatic carbocycles. The van der Waals surface area contributed by atoms with Gasteiger partial charge in [-0.1, -0.05) is 23.4 Å². The molecule has 30 heavy (non-hydrogen) atoms. The van der Waals surface area contributed by atoms with E-state index in [1.54, 1.807) is 24.3 Å². The first-order chi connectivity index (χ1) is 14.3. The summed E-state index contributed by atoms with van der Waals surface area (Å²) in [6, 6.07) is 12.8. The minimum atomic E-state index is -4.51. The largest absolute Gasteiger partial charge is 0.497 e. The van der Waals surface area contributed by atoms with Gasteiger partial charge in [0.15, 0.2) is 5.69 Å². The van der Waals surface area contributed by atoms with E-state index >= 15 is 0 Å². The molecule has 0 amide bonds. The fourth-order valence-corrected chi connectivity index (χ4v) is 2.72. The molecule has 0 aliphatic heterocycles. The molecule has 4 aromatic rings. The number of ether oxygens (including phenoxy) is 1. The molecule has 2 heterocycles.